The van der Waals surface area contributed by atoms with Crippen molar-refractivity contribution in [2.24, 2.45) is 11.8 Å². The van der Waals surface area contributed by atoms with Crippen molar-refractivity contribution in [1.29, 1.82) is 0 Å². The van der Waals surface area contributed by atoms with Crippen molar-refractivity contribution in [1.82, 2.24) is 4.72 Å². The van der Waals surface area contributed by atoms with Crippen LogP contribution in [-0.2, 0) is 14.5 Å². The second-order valence-corrected chi connectivity index (χ2v) is 5.31. The number of nitrogens with one attached hydrogen (secondary N) is 1. The summed E-state index contributed by atoms with van der Waals surface area (Å²) in [4.78, 5) is 0. The molecule has 0 spiro atoms. The highest BCUT2D eigenvalue weighted by molar-refractivity contribution is 7.84. The van der Waals surface area contributed by atoms with Crippen LogP contribution in [0.5, 0.6) is 0 Å². The molecule has 0 aliphatic heterocycles. The molecule has 0 rings (SSSR count). The fraction of sp³-hybridized carbons (Fsp3) is 1.00. The predicted molar refractivity (Wildman–Crippen MR) is 59.3 cm³/mol. The third kappa shape index (κ3) is 9.95. The maximum Gasteiger partial charge on any atom is 0.335 e. The van der Waals surface area contributed by atoms with Crippen molar-refractivity contribution in [2.75, 3.05) is 13.2 Å². The van der Waals surface area contributed by atoms with E-state index in [0.29, 0.717) is 6.54 Å². The van der Waals surface area contributed by atoms with Gasteiger partial charge in [0.05, 0.1) is 6.61 Å². The zero-order valence-corrected chi connectivity index (χ0v) is 9.52. The average Bonchev–Trinajstić information content (AvgIpc) is 1.98. The van der Waals surface area contributed by atoms with Gasteiger partial charge in [0.1, 0.15) is 0 Å². The molecular formula is C9H23NO3S. The van der Waals surface area contributed by atoms with Crippen molar-refractivity contribution >= 4 is 10.3 Å². The molecule has 5 heteroatoms. The van der Waals surface area contributed by atoms with Gasteiger partial charge in [-0.2, -0.15) is 13.1 Å². The van der Waals surface area contributed by atoms with Gasteiger partial charge in [-0.25, -0.2) is 0 Å². The minimum Gasteiger partial charge on any atom is -0.258 e. The Kier molecular flexibility index (Phi) is 8.39. The molecule has 0 aliphatic rings. The second kappa shape index (κ2) is 7.20. The number of hydrogen-bond acceptors (Lipinski definition) is 3. The highest BCUT2D eigenvalue weighted by Gasteiger charge is 2.11. The maximum atomic E-state index is 11.1. The zero-order valence-electron chi connectivity index (χ0n) is 8.70. The van der Waals surface area contributed by atoms with E-state index in [2.05, 4.69) is 4.72 Å². The van der Waals surface area contributed by atoms with Crippen LogP contribution in [0, 0.1) is 11.8 Å². The lowest BCUT2D eigenvalue weighted by Crippen LogP contribution is -2.30. The summed E-state index contributed by atoms with van der Waals surface area (Å²) in [5, 5.41) is 0. The first-order chi connectivity index (χ1) is 5.83. The summed E-state index contributed by atoms with van der Waals surface area (Å²) >= 11 is 0. The topological polar surface area (TPSA) is 55.4 Å². The quantitative estimate of drug-likeness (QED) is 0.749. The summed E-state index contributed by atoms with van der Waals surface area (Å²) in [6, 6.07) is 0. The number of hydrogen-bond donors (Lipinski definition) is 1. The van der Waals surface area contributed by atoms with Gasteiger partial charge in [0, 0.05) is 6.54 Å². The van der Waals surface area contributed by atoms with Gasteiger partial charge in [0.2, 0.25) is 0 Å². The van der Waals surface area contributed by atoms with E-state index in [4.69, 9.17) is 4.18 Å². The normalized spacial score (nSPS) is 11.9. The summed E-state index contributed by atoms with van der Waals surface area (Å²) < 4.78 is 29.3. The largest absolute Gasteiger partial charge is 0.335 e. The van der Waals surface area contributed by atoms with Crippen molar-refractivity contribution < 1.29 is 12.6 Å². The molecule has 4 nitrogen and oxygen atoms in total. The summed E-state index contributed by atoms with van der Waals surface area (Å²) in [6.07, 6.45) is 0. The summed E-state index contributed by atoms with van der Waals surface area (Å²) in [6.45, 7) is 8.32. The molecule has 0 saturated carbocycles. The lowest BCUT2D eigenvalue weighted by atomic mass is 10.2. The van der Waals surface area contributed by atoms with Crippen LogP contribution in [0.25, 0.3) is 0 Å². The maximum absolute atomic E-state index is 11.1. The second-order valence-electron chi connectivity index (χ2n) is 3.87. The molecule has 0 aliphatic carbocycles. The van der Waals surface area contributed by atoms with E-state index in [1.165, 1.54) is 0 Å². The van der Waals surface area contributed by atoms with Gasteiger partial charge in [-0.15, -0.1) is 0 Å². The van der Waals surface area contributed by atoms with Gasteiger partial charge in [-0.1, -0.05) is 35.1 Å². The van der Waals surface area contributed by atoms with Gasteiger partial charge in [-0.3, -0.25) is 4.18 Å². The molecular weight excluding hydrogens is 202 g/mol. The van der Waals surface area contributed by atoms with E-state index in [1.54, 1.807) is 0 Å². The third-order valence-electron chi connectivity index (χ3n) is 1.22. The van der Waals surface area contributed by atoms with Crippen LogP contribution in [-0.4, -0.2) is 21.6 Å². The lowest BCUT2D eigenvalue weighted by Gasteiger charge is -2.09. The average molecular weight is 225 g/mol. The van der Waals surface area contributed by atoms with Crippen LogP contribution >= 0.6 is 0 Å². The first kappa shape index (κ1) is 16.3. The van der Waals surface area contributed by atoms with Crippen LogP contribution in [0.1, 0.15) is 35.1 Å². The summed E-state index contributed by atoms with van der Waals surface area (Å²) in [5.74, 6) is 0.507. The monoisotopic (exact) mass is 225 g/mol. The van der Waals surface area contributed by atoms with Crippen molar-refractivity contribution in [3.05, 3.63) is 0 Å². The Hall–Kier alpha value is -0.130. The SMILES string of the molecule is C.CC(C)CNS(=O)(=O)OCC(C)C. The molecule has 0 aromatic heterocycles. The van der Waals surface area contributed by atoms with Crippen LogP contribution < -0.4 is 4.72 Å². The molecule has 1 N–H and O–H groups in total. The van der Waals surface area contributed by atoms with Crippen molar-refractivity contribution in [3.8, 4) is 0 Å². The summed E-state index contributed by atoms with van der Waals surface area (Å²) in [5.41, 5.74) is 0. The smallest absolute Gasteiger partial charge is 0.258 e. The fourth-order valence-corrected chi connectivity index (χ4v) is 1.61. The van der Waals surface area contributed by atoms with E-state index < -0.39 is 10.3 Å². The van der Waals surface area contributed by atoms with Gasteiger partial charge in [0.25, 0.3) is 0 Å². The molecule has 0 saturated heterocycles. The Labute approximate surface area is 88.3 Å². The molecule has 0 heterocycles. The summed E-state index contributed by atoms with van der Waals surface area (Å²) in [7, 11) is -3.52. The molecule has 0 amide bonds. The lowest BCUT2D eigenvalue weighted by molar-refractivity contribution is 0.269. The van der Waals surface area contributed by atoms with Crippen molar-refractivity contribution in [3.63, 3.8) is 0 Å². The fourth-order valence-electron chi connectivity index (χ4n) is 0.536. The van der Waals surface area contributed by atoms with Gasteiger partial charge in [-0.05, 0) is 11.8 Å². The van der Waals surface area contributed by atoms with E-state index in [-0.39, 0.29) is 25.9 Å². The molecule has 0 aromatic rings. The van der Waals surface area contributed by atoms with E-state index in [9.17, 15) is 8.42 Å². The first-order valence-corrected chi connectivity index (χ1v) is 5.88. The Bertz CT molecular complexity index is 204. The Balaban J connectivity index is 0. The molecule has 0 bridgehead atoms. The molecule has 0 unspecified atom stereocenters. The van der Waals surface area contributed by atoms with Gasteiger partial charge < -0.3 is 0 Å². The highest BCUT2D eigenvalue weighted by Crippen LogP contribution is 1.98. The minimum atomic E-state index is -3.52. The first-order valence-electron chi connectivity index (χ1n) is 4.47. The molecule has 0 fully saturated rings. The Morgan fingerprint density at radius 1 is 1.14 bits per heavy atom. The van der Waals surface area contributed by atoms with Crippen LogP contribution in [0.2, 0.25) is 0 Å². The van der Waals surface area contributed by atoms with E-state index in [1.807, 2.05) is 27.7 Å². The van der Waals surface area contributed by atoms with Gasteiger partial charge in [0.15, 0.2) is 0 Å². The van der Waals surface area contributed by atoms with E-state index in [0.717, 1.165) is 0 Å². The van der Waals surface area contributed by atoms with Gasteiger partial charge >= 0.3 is 10.3 Å². The van der Waals surface area contributed by atoms with Crippen LogP contribution in [0.15, 0.2) is 0 Å². The standard InChI is InChI=1S/C8H19NO3S.CH4/c1-7(2)5-9-13(10,11)12-6-8(3)4;/h7-9H,5-6H2,1-4H3;1H4. The van der Waals surface area contributed by atoms with Crippen molar-refractivity contribution in [2.45, 2.75) is 35.1 Å². The Morgan fingerprint density at radius 3 is 2.00 bits per heavy atom. The Morgan fingerprint density at radius 2 is 1.64 bits per heavy atom. The molecule has 0 radical (unpaired) electrons. The molecule has 0 atom stereocenters. The third-order valence-corrected chi connectivity index (χ3v) is 2.19. The zero-order chi connectivity index (χ0) is 10.5. The van der Waals surface area contributed by atoms with E-state index >= 15 is 0 Å². The molecule has 14 heavy (non-hydrogen) atoms. The molecule has 0 aromatic carbocycles. The predicted octanol–water partition coefficient (Wildman–Crippen LogP) is 1.79. The van der Waals surface area contributed by atoms with Crippen LogP contribution in [0.3, 0.4) is 0 Å². The number of rotatable bonds is 6. The minimum absolute atomic E-state index is 0. The highest BCUT2D eigenvalue weighted by atomic mass is 32.2. The molecule has 88 valence electrons. The van der Waals surface area contributed by atoms with Crippen LogP contribution in [0.4, 0.5) is 0 Å².